The molecule has 4 nitrogen and oxygen atoms in total. The summed E-state index contributed by atoms with van der Waals surface area (Å²) < 4.78 is 1.85. The molecule has 20 heavy (non-hydrogen) atoms. The summed E-state index contributed by atoms with van der Waals surface area (Å²) in [7, 11) is 1.94. The second-order valence-electron chi connectivity index (χ2n) is 5.31. The largest absolute Gasteiger partial charge is 0.392 e. The quantitative estimate of drug-likeness (QED) is 0.858. The Morgan fingerprint density at radius 1 is 1.50 bits per heavy atom. The lowest BCUT2D eigenvalue weighted by atomic mass is 9.95. The number of aromatic nitrogens is 2. The molecular formula is C13H21ClN4S2. The Hall–Kier alpha value is -0.300. The minimum atomic E-state index is -0.0298. The highest BCUT2D eigenvalue weighted by Crippen LogP contribution is 2.35. The van der Waals surface area contributed by atoms with Crippen LogP contribution in [0.2, 0.25) is 5.02 Å². The second-order valence-corrected chi connectivity index (χ2v) is 7.32. The van der Waals surface area contributed by atoms with Gasteiger partial charge in [0.1, 0.15) is 0 Å². The van der Waals surface area contributed by atoms with E-state index in [0.717, 1.165) is 48.9 Å². The molecule has 0 unspecified atom stereocenters. The maximum Gasteiger partial charge on any atom is 0.0891 e. The molecule has 1 aliphatic heterocycles. The molecule has 0 amide bonds. The average Bonchev–Trinajstić information content (AvgIpc) is 2.66. The summed E-state index contributed by atoms with van der Waals surface area (Å²) in [5, 5.41) is 5.14. The molecule has 2 rings (SSSR count). The SMILES string of the molecule is CSC1(C(N)=S)CCN(Cc2c(Cl)c(C)nn2C)CC1. The summed E-state index contributed by atoms with van der Waals surface area (Å²) in [6.45, 7) is 4.74. The molecule has 1 aromatic heterocycles. The average molecular weight is 333 g/mol. The first-order chi connectivity index (χ1) is 9.39. The molecule has 1 aromatic rings. The molecule has 1 fully saturated rings. The Kier molecular flexibility index (Phi) is 5.00. The number of halogens is 1. The highest BCUT2D eigenvalue weighted by atomic mass is 35.5. The van der Waals surface area contributed by atoms with Crippen LogP contribution in [0.4, 0.5) is 0 Å². The van der Waals surface area contributed by atoms with E-state index in [1.165, 1.54) is 0 Å². The Labute approximate surface area is 135 Å². The van der Waals surface area contributed by atoms with Crippen LogP contribution < -0.4 is 5.73 Å². The number of hydrogen-bond acceptors (Lipinski definition) is 4. The third-order valence-electron chi connectivity index (χ3n) is 4.14. The molecule has 0 spiro atoms. The highest BCUT2D eigenvalue weighted by Gasteiger charge is 2.36. The third-order valence-corrected chi connectivity index (χ3v) is 6.56. The second kappa shape index (κ2) is 6.22. The van der Waals surface area contributed by atoms with Gasteiger partial charge in [0.25, 0.3) is 0 Å². The lowest BCUT2D eigenvalue weighted by Gasteiger charge is -2.40. The maximum absolute atomic E-state index is 6.31. The summed E-state index contributed by atoms with van der Waals surface area (Å²) >= 11 is 13.3. The van der Waals surface area contributed by atoms with Crippen LogP contribution in [0, 0.1) is 6.92 Å². The van der Waals surface area contributed by atoms with E-state index in [1.807, 2.05) is 18.7 Å². The molecule has 1 saturated heterocycles. The highest BCUT2D eigenvalue weighted by molar-refractivity contribution is 8.02. The van der Waals surface area contributed by atoms with Gasteiger partial charge < -0.3 is 5.73 Å². The predicted molar refractivity (Wildman–Crippen MR) is 90.5 cm³/mol. The van der Waals surface area contributed by atoms with Gasteiger partial charge in [-0.1, -0.05) is 23.8 Å². The van der Waals surface area contributed by atoms with Gasteiger partial charge in [0.05, 0.1) is 26.1 Å². The van der Waals surface area contributed by atoms with Gasteiger partial charge in [0.2, 0.25) is 0 Å². The fourth-order valence-electron chi connectivity index (χ4n) is 2.69. The van der Waals surface area contributed by atoms with Gasteiger partial charge >= 0.3 is 0 Å². The van der Waals surface area contributed by atoms with E-state index in [1.54, 1.807) is 11.8 Å². The molecule has 7 heteroatoms. The van der Waals surface area contributed by atoms with Crippen LogP contribution in [0.25, 0.3) is 0 Å². The van der Waals surface area contributed by atoms with E-state index < -0.39 is 0 Å². The summed E-state index contributed by atoms with van der Waals surface area (Å²) in [6.07, 6.45) is 4.09. The molecule has 0 aliphatic carbocycles. The first-order valence-electron chi connectivity index (χ1n) is 6.65. The molecule has 1 aliphatic rings. The van der Waals surface area contributed by atoms with Crippen molar-refractivity contribution in [2.45, 2.75) is 31.1 Å². The number of nitrogens with zero attached hydrogens (tertiary/aromatic N) is 3. The maximum atomic E-state index is 6.31. The lowest BCUT2D eigenvalue weighted by molar-refractivity contribution is 0.208. The Bertz CT molecular complexity index is 507. The fraction of sp³-hybridized carbons (Fsp3) is 0.692. The van der Waals surface area contributed by atoms with Crippen molar-refractivity contribution in [2.75, 3.05) is 19.3 Å². The number of piperidine rings is 1. The van der Waals surface area contributed by atoms with Crippen LogP contribution in [-0.4, -0.2) is 43.8 Å². The number of nitrogens with two attached hydrogens (primary N) is 1. The van der Waals surface area contributed by atoms with Crippen LogP contribution in [-0.2, 0) is 13.6 Å². The van der Waals surface area contributed by atoms with Gasteiger partial charge in [-0.2, -0.15) is 16.9 Å². The van der Waals surface area contributed by atoms with E-state index in [-0.39, 0.29) is 4.75 Å². The van der Waals surface area contributed by atoms with Crippen LogP contribution >= 0.6 is 35.6 Å². The molecule has 0 saturated carbocycles. The number of thiocarbonyl (C=S) groups is 1. The van der Waals surface area contributed by atoms with Crippen LogP contribution in [0.5, 0.6) is 0 Å². The van der Waals surface area contributed by atoms with Crippen molar-refractivity contribution >= 4 is 40.6 Å². The van der Waals surface area contributed by atoms with Gasteiger partial charge in [-0.3, -0.25) is 9.58 Å². The van der Waals surface area contributed by atoms with Crippen molar-refractivity contribution in [2.24, 2.45) is 12.8 Å². The van der Waals surface area contributed by atoms with Gasteiger partial charge in [-0.25, -0.2) is 0 Å². The Balaban J connectivity index is 2.03. The van der Waals surface area contributed by atoms with Crippen molar-refractivity contribution in [1.82, 2.24) is 14.7 Å². The zero-order valence-corrected chi connectivity index (χ0v) is 14.5. The van der Waals surface area contributed by atoms with Crippen LogP contribution in [0.3, 0.4) is 0 Å². The van der Waals surface area contributed by atoms with Gasteiger partial charge in [-0.15, -0.1) is 0 Å². The van der Waals surface area contributed by atoms with E-state index >= 15 is 0 Å². The summed E-state index contributed by atoms with van der Waals surface area (Å²) in [6, 6.07) is 0. The summed E-state index contributed by atoms with van der Waals surface area (Å²) in [5.41, 5.74) is 7.89. The monoisotopic (exact) mass is 332 g/mol. The summed E-state index contributed by atoms with van der Waals surface area (Å²) in [4.78, 5) is 3.04. The normalized spacial score (nSPS) is 19.2. The minimum absolute atomic E-state index is 0.0298. The standard InChI is InChI=1S/C13H21ClN4S2/c1-9-11(14)10(17(2)16-9)8-18-6-4-13(20-3,5-7-18)12(15)19/h4-8H2,1-3H3,(H2,15,19). The smallest absolute Gasteiger partial charge is 0.0891 e. The number of aryl methyl sites for hydroxylation is 2. The Morgan fingerprint density at radius 3 is 2.50 bits per heavy atom. The van der Waals surface area contributed by atoms with Crippen molar-refractivity contribution in [3.8, 4) is 0 Å². The van der Waals surface area contributed by atoms with E-state index in [9.17, 15) is 0 Å². The van der Waals surface area contributed by atoms with Crippen molar-refractivity contribution in [3.05, 3.63) is 16.4 Å². The molecule has 2 heterocycles. The van der Waals surface area contributed by atoms with Crippen molar-refractivity contribution in [1.29, 1.82) is 0 Å². The van der Waals surface area contributed by atoms with E-state index in [0.29, 0.717) is 4.99 Å². The topological polar surface area (TPSA) is 47.1 Å². The van der Waals surface area contributed by atoms with E-state index in [2.05, 4.69) is 16.3 Å². The molecule has 0 radical (unpaired) electrons. The molecule has 0 aromatic carbocycles. The number of rotatable bonds is 4. The predicted octanol–water partition coefficient (Wildman–Crippen LogP) is 2.37. The van der Waals surface area contributed by atoms with Gasteiger partial charge in [0, 0.05) is 26.7 Å². The molecular weight excluding hydrogens is 312 g/mol. The zero-order valence-electron chi connectivity index (χ0n) is 12.1. The first-order valence-corrected chi connectivity index (χ1v) is 8.66. The molecule has 2 N–H and O–H groups in total. The fourth-order valence-corrected chi connectivity index (χ4v) is 4.15. The lowest BCUT2D eigenvalue weighted by Crippen LogP contribution is -2.49. The van der Waals surface area contributed by atoms with Crippen molar-refractivity contribution in [3.63, 3.8) is 0 Å². The van der Waals surface area contributed by atoms with Crippen LogP contribution in [0.1, 0.15) is 24.2 Å². The summed E-state index contributed by atoms with van der Waals surface area (Å²) in [5.74, 6) is 0. The van der Waals surface area contributed by atoms with Gasteiger partial charge in [0.15, 0.2) is 0 Å². The molecule has 0 atom stereocenters. The number of likely N-dealkylation sites (tertiary alicyclic amines) is 1. The first kappa shape index (κ1) is 16.1. The van der Waals surface area contributed by atoms with Crippen LogP contribution in [0.15, 0.2) is 0 Å². The molecule has 112 valence electrons. The number of thioether (sulfide) groups is 1. The van der Waals surface area contributed by atoms with E-state index in [4.69, 9.17) is 29.6 Å². The zero-order chi connectivity index (χ0) is 14.9. The van der Waals surface area contributed by atoms with Gasteiger partial charge in [-0.05, 0) is 26.0 Å². The molecule has 0 bridgehead atoms. The van der Waals surface area contributed by atoms with Crippen molar-refractivity contribution < 1.29 is 0 Å². The Morgan fingerprint density at radius 2 is 2.10 bits per heavy atom. The third kappa shape index (κ3) is 2.98. The minimum Gasteiger partial charge on any atom is -0.392 e. The number of hydrogen-bond donors (Lipinski definition) is 1.